The minimum absolute atomic E-state index is 0.00195. The molecule has 0 aliphatic carbocycles. The lowest BCUT2D eigenvalue weighted by Gasteiger charge is -2.20. The van der Waals surface area contributed by atoms with Crippen LogP contribution in [0, 0.1) is 13.8 Å². The van der Waals surface area contributed by atoms with Crippen LogP contribution in [-0.4, -0.2) is 33.6 Å². The van der Waals surface area contributed by atoms with Crippen molar-refractivity contribution < 1.29 is 4.79 Å². The zero-order valence-corrected chi connectivity index (χ0v) is 16.4. The molecule has 1 atom stereocenters. The first-order chi connectivity index (χ1) is 13.6. The van der Waals surface area contributed by atoms with Gasteiger partial charge >= 0.3 is 6.03 Å². The summed E-state index contributed by atoms with van der Waals surface area (Å²) < 4.78 is 2.28. The largest absolute Gasteiger partial charge is 0.334 e. The molecule has 2 heterocycles. The number of hydrogen-bond donors (Lipinski definition) is 1. The summed E-state index contributed by atoms with van der Waals surface area (Å²) >= 11 is 0. The quantitative estimate of drug-likeness (QED) is 0.739. The van der Waals surface area contributed by atoms with Crippen molar-refractivity contribution >= 4 is 6.03 Å². The summed E-state index contributed by atoms with van der Waals surface area (Å²) in [7, 11) is 0. The molecule has 28 heavy (non-hydrogen) atoms. The third-order valence-electron chi connectivity index (χ3n) is 5.39. The van der Waals surface area contributed by atoms with E-state index in [0.29, 0.717) is 13.1 Å². The number of carbonyl (C=O) groups is 1. The van der Waals surface area contributed by atoms with E-state index in [1.807, 2.05) is 29.3 Å². The molecule has 1 N–H and O–H groups in total. The third-order valence-corrected chi connectivity index (χ3v) is 5.39. The molecule has 2 amide bonds. The van der Waals surface area contributed by atoms with Crippen LogP contribution >= 0.6 is 0 Å². The van der Waals surface area contributed by atoms with Gasteiger partial charge in [0.05, 0.1) is 6.04 Å². The van der Waals surface area contributed by atoms with Crippen molar-refractivity contribution in [2.45, 2.75) is 32.9 Å². The first-order valence-corrected chi connectivity index (χ1v) is 9.79. The Morgan fingerprint density at radius 1 is 1.11 bits per heavy atom. The van der Waals surface area contributed by atoms with Gasteiger partial charge in [0.25, 0.3) is 0 Å². The molecule has 144 valence electrons. The molecule has 0 bridgehead atoms. The van der Waals surface area contributed by atoms with Gasteiger partial charge in [-0.05, 0) is 25.8 Å². The minimum Gasteiger partial charge on any atom is -0.334 e. The number of aromatic nitrogens is 2. The summed E-state index contributed by atoms with van der Waals surface area (Å²) in [5.74, 6) is 0.977. The second-order valence-corrected chi connectivity index (χ2v) is 7.49. The molecule has 1 fully saturated rings. The van der Waals surface area contributed by atoms with Gasteiger partial charge in [-0.1, -0.05) is 60.2 Å². The molecule has 2 aromatic carbocycles. The van der Waals surface area contributed by atoms with E-state index in [1.165, 1.54) is 5.56 Å². The average molecular weight is 374 g/mol. The van der Waals surface area contributed by atoms with Crippen LogP contribution in [0.2, 0.25) is 0 Å². The lowest BCUT2D eigenvalue weighted by Crippen LogP contribution is -2.38. The van der Waals surface area contributed by atoms with Crippen molar-refractivity contribution in [3.05, 3.63) is 77.6 Å². The Labute approximate surface area is 166 Å². The third kappa shape index (κ3) is 3.79. The molecule has 0 saturated carbocycles. The number of benzene rings is 2. The van der Waals surface area contributed by atoms with E-state index in [4.69, 9.17) is 0 Å². The van der Waals surface area contributed by atoms with Crippen molar-refractivity contribution in [2.75, 3.05) is 13.1 Å². The standard InChI is InChI=1S/C23H26N4O/c1-17-8-10-19(11-9-17)15-25-23(28)26-13-12-21(16-26)27-18(2)14-24-22(27)20-6-4-3-5-7-20/h3-11,14,21H,12-13,15-16H2,1-2H3,(H,25,28). The predicted molar refractivity (Wildman–Crippen MR) is 111 cm³/mol. The number of nitrogens with one attached hydrogen (secondary N) is 1. The molecule has 5 heteroatoms. The zero-order valence-electron chi connectivity index (χ0n) is 16.4. The van der Waals surface area contributed by atoms with Gasteiger partial charge in [0.15, 0.2) is 0 Å². The van der Waals surface area contributed by atoms with Gasteiger partial charge in [0, 0.05) is 37.1 Å². The Balaban J connectivity index is 1.42. The zero-order chi connectivity index (χ0) is 19.5. The van der Waals surface area contributed by atoms with Gasteiger partial charge in [-0.15, -0.1) is 0 Å². The fourth-order valence-electron chi connectivity index (χ4n) is 3.84. The van der Waals surface area contributed by atoms with E-state index in [1.54, 1.807) is 0 Å². The van der Waals surface area contributed by atoms with Gasteiger partial charge in [0.2, 0.25) is 0 Å². The monoisotopic (exact) mass is 374 g/mol. The fraction of sp³-hybridized carbons (Fsp3) is 0.304. The number of aryl methyl sites for hydroxylation is 2. The first-order valence-electron chi connectivity index (χ1n) is 9.79. The molecule has 3 aromatic rings. The SMILES string of the molecule is Cc1ccc(CNC(=O)N2CCC(n3c(C)cnc3-c3ccccc3)C2)cc1. The minimum atomic E-state index is 0.00195. The van der Waals surface area contributed by atoms with Crippen LogP contribution in [0.15, 0.2) is 60.8 Å². The molecule has 0 radical (unpaired) electrons. The van der Waals surface area contributed by atoms with Gasteiger partial charge in [-0.2, -0.15) is 0 Å². The highest BCUT2D eigenvalue weighted by atomic mass is 16.2. The number of hydrogen-bond acceptors (Lipinski definition) is 2. The highest BCUT2D eigenvalue weighted by Gasteiger charge is 2.29. The van der Waals surface area contributed by atoms with Crippen molar-refractivity contribution in [1.82, 2.24) is 19.8 Å². The Morgan fingerprint density at radius 2 is 1.86 bits per heavy atom. The van der Waals surface area contributed by atoms with E-state index in [2.05, 4.69) is 65.1 Å². The lowest BCUT2D eigenvalue weighted by molar-refractivity contribution is 0.206. The van der Waals surface area contributed by atoms with Crippen LogP contribution in [0.5, 0.6) is 0 Å². The smallest absolute Gasteiger partial charge is 0.317 e. The van der Waals surface area contributed by atoms with Gasteiger partial charge < -0.3 is 14.8 Å². The van der Waals surface area contributed by atoms with E-state index >= 15 is 0 Å². The highest BCUT2D eigenvalue weighted by Crippen LogP contribution is 2.29. The number of urea groups is 1. The molecule has 1 aromatic heterocycles. The van der Waals surface area contributed by atoms with Crippen molar-refractivity contribution in [3.8, 4) is 11.4 Å². The summed E-state index contributed by atoms with van der Waals surface area (Å²) in [6.07, 6.45) is 2.86. The first kappa shape index (κ1) is 18.3. The fourth-order valence-corrected chi connectivity index (χ4v) is 3.84. The molecule has 1 aliphatic rings. The van der Waals surface area contributed by atoms with Crippen LogP contribution in [-0.2, 0) is 6.54 Å². The number of amides is 2. The topological polar surface area (TPSA) is 50.2 Å². The van der Waals surface area contributed by atoms with Crippen LogP contribution in [0.1, 0.15) is 29.3 Å². The normalized spacial score (nSPS) is 16.4. The Bertz CT molecular complexity index is 946. The Kier molecular flexibility index (Phi) is 5.15. The summed E-state index contributed by atoms with van der Waals surface area (Å²) in [5, 5.41) is 3.05. The number of imidazole rings is 1. The molecule has 0 spiro atoms. The number of likely N-dealkylation sites (tertiary alicyclic amines) is 1. The summed E-state index contributed by atoms with van der Waals surface area (Å²) in [6.45, 7) is 6.17. The molecular weight excluding hydrogens is 348 g/mol. The summed E-state index contributed by atoms with van der Waals surface area (Å²) in [5.41, 5.74) is 4.58. The van der Waals surface area contributed by atoms with Crippen molar-refractivity contribution in [3.63, 3.8) is 0 Å². The van der Waals surface area contributed by atoms with E-state index in [9.17, 15) is 4.79 Å². The van der Waals surface area contributed by atoms with Crippen LogP contribution < -0.4 is 5.32 Å². The highest BCUT2D eigenvalue weighted by molar-refractivity contribution is 5.74. The van der Waals surface area contributed by atoms with E-state index in [0.717, 1.165) is 35.6 Å². The lowest BCUT2D eigenvalue weighted by atomic mass is 10.1. The van der Waals surface area contributed by atoms with Gasteiger partial charge in [-0.25, -0.2) is 9.78 Å². The van der Waals surface area contributed by atoms with E-state index in [-0.39, 0.29) is 12.1 Å². The molecular formula is C23H26N4O. The average Bonchev–Trinajstić information content (AvgIpc) is 3.34. The number of rotatable bonds is 4. The second kappa shape index (κ2) is 7.89. The van der Waals surface area contributed by atoms with Crippen molar-refractivity contribution in [1.29, 1.82) is 0 Å². The molecule has 1 saturated heterocycles. The summed E-state index contributed by atoms with van der Waals surface area (Å²) in [6, 6.07) is 18.8. The molecule has 1 unspecified atom stereocenters. The summed E-state index contributed by atoms with van der Waals surface area (Å²) in [4.78, 5) is 19.2. The second-order valence-electron chi connectivity index (χ2n) is 7.49. The number of carbonyl (C=O) groups excluding carboxylic acids is 1. The Morgan fingerprint density at radius 3 is 2.61 bits per heavy atom. The van der Waals surface area contributed by atoms with Gasteiger partial charge in [0.1, 0.15) is 5.82 Å². The van der Waals surface area contributed by atoms with Gasteiger partial charge in [-0.3, -0.25) is 0 Å². The van der Waals surface area contributed by atoms with Crippen LogP contribution in [0.3, 0.4) is 0 Å². The van der Waals surface area contributed by atoms with E-state index < -0.39 is 0 Å². The maximum atomic E-state index is 12.6. The molecule has 1 aliphatic heterocycles. The molecule has 4 rings (SSSR count). The maximum absolute atomic E-state index is 12.6. The van der Waals surface area contributed by atoms with Crippen molar-refractivity contribution in [2.24, 2.45) is 0 Å². The van der Waals surface area contributed by atoms with Crippen LogP contribution in [0.25, 0.3) is 11.4 Å². The number of nitrogens with zero attached hydrogens (tertiary/aromatic N) is 3. The predicted octanol–water partition coefficient (Wildman–Crippen LogP) is 4.32. The Hall–Kier alpha value is -3.08. The molecule has 5 nitrogen and oxygen atoms in total. The maximum Gasteiger partial charge on any atom is 0.317 e. The van der Waals surface area contributed by atoms with Crippen LogP contribution in [0.4, 0.5) is 4.79 Å².